The van der Waals surface area contributed by atoms with Crippen LogP contribution in [0.2, 0.25) is 0 Å². The highest BCUT2D eigenvalue weighted by atomic mass is 32.1. The van der Waals surface area contributed by atoms with Crippen molar-refractivity contribution in [3.05, 3.63) is 188 Å². The minimum absolute atomic E-state index is 0.619. The molecule has 11 rings (SSSR count). The summed E-state index contributed by atoms with van der Waals surface area (Å²) in [6.45, 7) is 0. The summed E-state index contributed by atoms with van der Waals surface area (Å²) in [7, 11) is 0. The molecule has 0 aliphatic heterocycles. The number of benzene rings is 8. The number of thiophene rings is 1. The van der Waals surface area contributed by atoms with Crippen LogP contribution in [0, 0.1) is 0 Å². The molecule has 0 spiro atoms. The molecule has 0 bridgehead atoms. The molecule has 0 fully saturated rings. The van der Waals surface area contributed by atoms with Crippen molar-refractivity contribution in [2.24, 2.45) is 0 Å². The number of nitrogens with zero attached hydrogens (tertiary/aromatic N) is 3. The molecule has 4 nitrogen and oxygen atoms in total. The lowest BCUT2D eigenvalue weighted by Crippen LogP contribution is -2.00. The number of aromatic nitrogens is 3. The van der Waals surface area contributed by atoms with Crippen molar-refractivity contribution in [2.45, 2.75) is 0 Å². The Bertz CT molecular complexity index is 3240. The summed E-state index contributed by atoms with van der Waals surface area (Å²) in [5, 5.41) is 4.71. The van der Waals surface area contributed by atoms with Gasteiger partial charge in [0.15, 0.2) is 17.5 Å². The van der Waals surface area contributed by atoms with Gasteiger partial charge in [-0.2, -0.15) is 0 Å². The largest absolute Gasteiger partial charge is 0.455 e. The molecule has 0 aliphatic rings. The van der Waals surface area contributed by atoms with E-state index in [9.17, 15) is 0 Å². The lowest BCUT2D eigenvalue weighted by molar-refractivity contribution is 0.670. The predicted octanol–water partition coefficient (Wildman–Crippen LogP) is 14.1. The fraction of sp³-hybridized carbons (Fsp3) is 0. The van der Waals surface area contributed by atoms with Gasteiger partial charge in [0.1, 0.15) is 11.2 Å². The summed E-state index contributed by atoms with van der Waals surface area (Å²) in [5.41, 5.74) is 11.3. The summed E-state index contributed by atoms with van der Waals surface area (Å²) in [5.74, 6) is 1.89. The Labute approximate surface area is 327 Å². The van der Waals surface area contributed by atoms with Crippen LogP contribution in [-0.4, -0.2) is 15.0 Å². The molecule has 0 amide bonds. The van der Waals surface area contributed by atoms with Crippen LogP contribution in [0.1, 0.15) is 0 Å². The summed E-state index contributed by atoms with van der Waals surface area (Å²) in [6.07, 6.45) is 0. The van der Waals surface area contributed by atoms with Gasteiger partial charge < -0.3 is 4.42 Å². The maximum atomic E-state index is 6.53. The molecule has 262 valence electrons. The van der Waals surface area contributed by atoms with Crippen LogP contribution in [0.4, 0.5) is 0 Å². The van der Waals surface area contributed by atoms with E-state index in [2.05, 4.69) is 176 Å². The molecular formula is C51H31N3OS. The smallest absolute Gasteiger partial charge is 0.164 e. The quantitative estimate of drug-likeness (QED) is 0.171. The summed E-state index contributed by atoms with van der Waals surface area (Å²) >= 11 is 1.79. The van der Waals surface area contributed by atoms with Crippen LogP contribution >= 0.6 is 11.3 Å². The maximum absolute atomic E-state index is 6.53. The first-order chi connectivity index (χ1) is 27.7. The third-order valence-corrected chi connectivity index (χ3v) is 11.7. The minimum Gasteiger partial charge on any atom is -0.455 e. The lowest BCUT2D eigenvalue weighted by Gasteiger charge is -2.10. The highest BCUT2D eigenvalue weighted by Crippen LogP contribution is 2.39. The summed E-state index contributed by atoms with van der Waals surface area (Å²) in [4.78, 5) is 15.3. The molecule has 0 unspecified atom stereocenters. The number of para-hydroxylation sites is 1. The molecule has 0 radical (unpaired) electrons. The minimum atomic E-state index is 0.619. The number of furan rings is 1. The van der Waals surface area contributed by atoms with E-state index >= 15 is 0 Å². The summed E-state index contributed by atoms with van der Waals surface area (Å²) < 4.78 is 9.01. The zero-order chi connectivity index (χ0) is 37.0. The molecule has 5 heteroatoms. The molecule has 3 heterocycles. The molecular weight excluding hydrogens is 703 g/mol. The predicted molar refractivity (Wildman–Crippen MR) is 233 cm³/mol. The Hall–Kier alpha value is -7.21. The second-order valence-corrected chi connectivity index (χ2v) is 15.1. The van der Waals surface area contributed by atoms with Crippen LogP contribution in [0.25, 0.3) is 110 Å². The van der Waals surface area contributed by atoms with E-state index in [-0.39, 0.29) is 0 Å². The first-order valence-electron chi connectivity index (χ1n) is 18.7. The van der Waals surface area contributed by atoms with Crippen molar-refractivity contribution >= 4 is 53.4 Å². The first-order valence-corrected chi connectivity index (χ1v) is 19.5. The third-order valence-electron chi connectivity index (χ3n) is 10.6. The second-order valence-electron chi connectivity index (χ2n) is 14.0. The van der Waals surface area contributed by atoms with Crippen LogP contribution in [0.3, 0.4) is 0 Å². The van der Waals surface area contributed by atoms with Crippen molar-refractivity contribution in [1.29, 1.82) is 0 Å². The van der Waals surface area contributed by atoms with Crippen molar-refractivity contribution < 1.29 is 4.42 Å². The van der Waals surface area contributed by atoms with Gasteiger partial charge in [0.2, 0.25) is 0 Å². The molecule has 0 aliphatic carbocycles. The molecule has 56 heavy (non-hydrogen) atoms. The SMILES string of the molecule is c1ccc(-c2cccc(-c3nc(-c4ccc(-c5cccc6c5oc5ccc(-c7ccccc7)cc56)cc4)nc(-c4ccc5c(c4)sc4ccccc45)n3)c2)cc1. The monoisotopic (exact) mass is 733 g/mol. The Balaban J connectivity index is 1.01. The highest BCUT2D eigenvalue weighted by molar-refractivity contribution is 7.25. The molecule has 11 aromatic rings. The van der Waals surface area contributed by atoms with Gasteiger partial charge in [0.25, 0.3) is 0 Å². The number of hydrogen-bond acceptors (Lipinski definition) is 5. The van der Waals surface area contributed by atoms with E-state index in [0.29, 0.717) is 17.5 Å². The van der Waals surface area contributed by atoms with Crippen LogP contribution < -0.4 is 0 Å². The van der Waals surface area contributed by atoms with Crippen molar-refractivity contribution in [3.8, 4) is 67.5 Å². The molecule has 8 aromatic carbocycles. The highest BCUT2D eigenvalue weighted by Gasteiger charge is 2.17. The zero-order valence-electron chi connectivity index (χ0n) is 30.1. The fourth-order valence-corrected chi connectivity index (χ4v) is 8.88. The fourth-order valence-electron chi connectivity index (χ4n) is 7.73. The molecule has 0 N–H and O–H groups in total. The molecule has 0 saturated heterocycles. The molecule has 3 aromatic heterocycles. The van der Waals surface area contributed by atoms with E-state index < -0.39 is 0 Å². The van der Waals surface area contributed by atoms with E-state index in [1.54, 1.807) is 11.3 Å². The second kappa shape index (κ2) is 13.3. The Kier molecular flexibility index (Phi) is 7.64. The van der Waals surface area contributed by atoms with E-state index in [0.717, 1.165) is 60.9 Å². The Morgan fingerprint density at radius 2 is 0.857 bits per heavy atom. The number of fused-ring (bicyclic) bond motifs is 6. The van der Waals surface area contributed by atoms with Crippen LogP contribution in [-0.2, 0) is 0 Å². The first kappa shape index (κ1) is 32.2. The average molecular weight is 734 g/mol. The van der Waals surface area contributed by atoms with E-state index in [1.165, 1.54) is 31.3 Å². The van der Waals surface area contributed by atoms with Gasteiger partial charge in [-0.15, -0.1) is 11.3 Å². The van der Waals surface area contributed by atoms with Gasteiger partial charge >= 0.3 is 0 Å². The van der Waals surface area contributed by atoms with Crippen molar-refractivity contribution in [3.63, 3.8) is 0 Å². The van der Waals surface area contributed by atoms with Gasteiger partial charge in [-0.05, 0) is 58.1 Å². The third kappa shape index (κ3) is 5.65. The van der Waals surface area contributed by atoms with E-state index in [4.69, 9.17) is 19.4 Å². The molecule has 0 atom stereocenters. The van der Waals surface area contributed by atoms with Gasteiger partial charge in [-0.25, -0.2) is 15.0 Å². The van der Waals surface area contributed by atoms with Crippen LogP contribution in [0.5, 0.6) is 0 Å². The van der Waals surface area contributed by atoms with Gasteiger partial charge in [0, 0.05) is 53.2 Å². The van der Waals surface area contributed by atoms with Gasteiger partial charge in [-0.1, -0.05) is 158 Å². The number of hydrogen-bond donors (Lipinski definition) is 0. The van der Waals surface area contributed by atoms with Crippen LogP contribution in [0.15, 0.2) is 192 Å². The van der Waals surface area contributed by atoms with Gasteiger partial charge in [-0.3, -0.25) is 0 Å². The maximum Gasteiger partial charge on any atom is 0.164 e. The topological polar surface area (TPSA) is 51.8 Å². The molecule has 0 saturated carbocycles. The average Bonchev–Trinajstić information content (AvgIpc) is 3.85. The van der Waals surface area contributed by atoms with Gasteiger partial charge in [0.05, 0.1) is 0 Å². The zero-order valence-corrected chi connectivity index (χ0v) is 30.9. The van der Waals surface area contributed by atoms with Crippen molar-refractivity contribution in [2.75, 3.05) is 0 Å². The standard InChI is InChI=1S/C51H31N3OS/c1-3-11-32(12-4-1)36-15-9-16-38(29-36)50-52-49(53-51(54-50)39-25-27-42-41-17-7-8-20-46(41)56-47(42)31-39)35-23-21-34(22-24-35)40-18-10-19-43-44-30-37(33-13-5-2-6-14-33)26-28-45(44)55-48(40)43/h1-31H. The van der Waals surface area contributed by atoms with Crippen molar-refractivity contribution in [1.82, 2.24) is 15.0 Å². The lowest BCUT2D eigenvalue weighted by atomic mass is 9.99. The number of rotatable bonds is 6. The summed E-state index contributed by atoms with van der Waals surface area (Å²) in [6, 6.07) is 65.7. The Morgan fingerprint density at radius 3 is 1.62 bits per heavy atom. The van der Waals surface area contributed by atoms with E-state index in [1.807, 2.05) is 12.1 Å². The Morgan fingerprint density at radius 1 is 0.321 bits per heavy atom. The normalized spacial score (nSPS) is 11.6.